The Morgan fingerprint density at radius 3 is 2.60 bits per heavy atom. The van der Waals surface area contributed by atoms with Gasteiger partial charge in [0.2, 0.25) is 10.0 Å². The number of piperazine rings is 1. The van der Waals surface area contributed by atoms with E-state index in [1.54, 1.807) is 13.0 Å². The Bertz CT molecular complexity index is 1840. The number of hydrogen-bond acceptors (Lipinski definition) is 8. The summed E-state index contributed by atoms with van der Waals surface area (Å²) in [4.78, 5) is 21.5. The lowest BCUT2D eigenvalue weighted by atomic mass is 9.63. The number of nitrogens with zero attached hydrogens (tertiary/aromatic N) is 3. The van der Waals surface area contributed by atoms with Gasteiger partial charge in [0.15, 0.2) is 0 Å². The van der Waals surface area contributed by atoms with Gasteiger partial charge in [0, 0.05) is 55.9 Å². The zero-order chi connectivity index (χ0) is 38.2. The molecule has 11 heteroatoms. The lowest BCUT2D eigenvalue weighted by molar-refractivity contribution is -0.122. The van der Waals surface area contributed by atoms with Gasteiger partial charge in [-0.05, 0) is 143 Å². The van der Waals surface area contributed by atoms with Crippen LogP contribution in [-0.4, -0.2) is 93.4 Å². The van der Waals surface area contributed by atoms with Crippen molar-refractivity contribution in [2.45, 2.75) is 108 Å². The smallest absolute Gasteiger partial charge is 0.264 e. The van der Waals surface area contributed by atoms with Gasteiger partial charge in [-0.15, -0.1) is 0 Å². The van der Waals surface area contributed by atoms with E-state index < -0.39 is 26.8 Å². The number of rotatable bonds is 5. The first-order valence-corrected chi connectivity index (χ1v) is 23.1. The number of anilines is 1. The van der Waals surface area contributed by atoms with Crippen LogP contribution in [0.3, 0.4) is 0 Å². The molecule has 2 saturated heterocycles. The van der Waals surface area contributed by atoms with Gasteiger partial charge in [0.05, 0.1) is 17.5 Å². The first kappa shape index (κ1) is 39.2. The zero-order valence-electron chi connectivity index (χ0n) is 32.9. The normalized spacial score (nSPS) is 32.7. The van der Waals surface area contributed by atoms with Crippen LogP contribution in [0.1, 0.15) is 99.5 Å². The Balaban J connectivity index is 1.17. The summed E-state index contributed by atoms with van der Waals surface area (Å²) < 4.78 is 43.8. The summed E-state index contributed by atoms with van der Waals surface area (Å²) in [5.74, 6) is 1.22. The van der Waals surface area contributed by atoms with Gasteiger partial charge >= 0.3 is 0 Å². The van der Waals surface area contributed by atoms with Crippen molar-refractivity contribution in [2.75, 3.05) is 57.3 Å². The van der Waals surface area contributed by atoms with E-state index >= 15 is 0 Å². The van der Waals surface area contributed by atoms with Crippen LogP contribution in [0.4, 0.5) is 5.69 Å². The second-order valence-electron chi connectivity index (χ2n) is 17.7. The number of fused-ring (bicyclic) bond motifs is 4. The summed E-state index contributed by atoms with van der Waals surface area (Å²) in [6.07, 6.45) is 16.6. The molecule has 4 aliphatic heterocycles. The Labute approximate surface area is 334 Å². The molecular formula is C44H61ClN4O5S. The topological polar surface area (TPSA) is 91.4 Å². The van der Waals surface area contributed by atoms with Gasteiger partial charge in [-0.1, -0.05) is 43.2 Å². The minimum atomic E-state index is -3.95. The number of aryl methyl sites for hydroxylation is 1. The van der Waals surface area contributed by atoms with Crippen LogP contribution < -0.4 is 14.4 Å². The summed E-state index contributed by atoms with van der Waals surface area (Å²) in [5, 5.41) is -0.0348. The van der Waals surface area contributed by atoms with Crippen molar-refractivity contribution in [1.29, 1.82) is 0 Å². The number of amides is 1. The lowest BCUT2D eigenvalue weighted by Crippen LogP contribution is -2.61. The number of nitrogens with one attached hydrogen (secondary N) is 1. The van der Waals surface area contributed by atoms with E-state index in [1.165, 1.54) is 44.2 Å². The SMILES string of the molecule is C[C@@H]1[C@@H](C)C/C=C/[C@@](CN2CCN3CCCC[C@@H]3C2)(OCC2CC2)[C@@H]2CC[C@H]2CN2CCCCc3cc(Cl)ccc3COc3ccc(cc32)C(=O)NS1(=O)=O. The molecule has 1 N–H and O–H groups in total. The average Bonchev–Trinajstić information content (AvgIpc) is 4.00. The maximum Gasteiger partial charge on any atom is 0.264 e. The fraction of sp³-hybridized carbons (Fsp3) is 0.659. The Hall–Kier alpha value is -2.63. The van der Waals surface area contributed by atoms with Crippen molar-refractivity contribution in [3.05, 3.63) is 70.3 Å². The second-order valence-corrected chi connectivity index (χ2v) is 20.1. The lowest BCUT2D eigenvalue weighted by Gasteiger charge is -2.53. The average molecular weight is 794 g/mol. The monoisotopic (exact) mass is 792 g/mol. The molecule has 2 aromatic carbocycles. The van der Waals surface area contributed by atoms with E-state index in [0.717, 1.165) is 94.3 Å². The summed E-state index contributed by atoms with van der Waals surface area (Å²) in [7, 11) is -3.95. The van der Waals surface area contributed by atoms with E-state index in [0.29, 0.717) is 48.1 Å². The summed E-state index contributed by atoms with van der Waals surface area (Å²) in [5.41, 5.74) is 3.00. The molecule has 6 aliphatic rings. The minimum Gasteiger partial charge on any atom is -0.487 e. The fourth-order valence-electron chi connectivity index (χ4n) is 9.82. The van der Waals surface area contributed by atoms with Gasteiger partial charge in [-0.25, -0.2) is 13.1 Å². The van der Waals surface area contributed by atoms with Crippen LogP contribution in [0.25, 0.3) is 0 Å². The number of ether oxygens (including phenoxy) is 2. The first-order chi connectivity index (χ1) is 26.6. The third kappa shape index (κ3) is 8.94. The molecule has 0 aromatic heterocycles. The fourth-order valence-corrected chi connectivity index (χ4v) is 11.3. The predicted molar refractivity (Wildman–Crippen MR) is 219 cm³/mol. The molecule has 0 spiro atoms. The maximum atomic E-state index is 13.7. The molecule has 1 amide bonds. The van der Waals surface area contributed by atoms with Crippen molar-refractivity contribution in [1.82, 2.24) is 14.5 Å². The van der Waals surface area contributed by atoms with Crippen LogP contribution in [-0.2, 0) is 27.8 Å². The van der Waals surface area contributed by atoms with E-state index in [-0.39, 0.29) is 5.92 Å². The molecule has 2 bridgehead atoms. The van der Waals surface area contributed by atoms with Crippen molar-refractivity contribution >= 4 is 33.2 Å². The van der Waals surface area contributed by atoms with E-state index in [1.807, 2.05) is 31.2 Å². The van der Waals surface area contributed by atoms with Crippen molar-refractivity contribution < 1.29 is 22.7 Å². The number of piperidine rings is 1. The molecule has 300 valence electrons. The highest BCUT2D eigenvalue weighted by atomic mass is 35.5. The van der Waals surface area contributed by atoms with E-state index in [2.05, 4.69) is 37.6 Å². The van der Waals surface area contributed by atoms with Crippen LogP contribution in [0.2, 0.25) is 5.02 Å². The highest BCUT2D eigenvalue weighted by Crippen LogP contribution is 2.48. The Kier molecular flexibility index (Phi) is 11.9. The molecule has 2 aliphatic carbocycles. The van der Waals surface area contributed by atoms with Crippen LogP contribution in [0, 0.1) is 23.7 Å². The van der Waals surface area contributed by atoms with Crippen LogP contribution >= 0.6 is 11.6 Å². The van der Waals surface area contributed by atoms with E-state index in [9.17, 15) is 13.2 Å². The number of allylic oxidation sites excluding steroid dienone is 1. The molecule has 4 heterocycles. The van der Waals surface area contributed by atoms with Gasteiger partial charge in [-0.3, -0.25) is 14.6 Å². The standard InChI is InChI=1S/C44H61ClN4O5S/c1-31-8-7-19-44(54-28-33-11-12-33,30-47-22-23-48-20-6-4-10-39(48)27-47)40-17-14-36(40)26-49-21-5-3-9-34-24-38(45)16-13-37(34)29-53-42-18-15-35(25-41(42)49)43(50)46-55(51,52)32(31)2/h7,13,15-16,18-19,24-25,31-33,36,39-40H,3-6,8-12,14,17,20-23,26-30H2,1-2H3,(H,46,50)/b19-7+/t31-,32+,36-,39+,40+,44-/m0/s1. The summed E-state index contributed by atoms with van der Waals surface area (Å²) >= 11 is 6.44. The highest BCUT2D eigenvalue weighted by Gasteiger charge is 2.50. The largest absolute Gasteiger partial charge is 0.487 e. The van der Waals surface area contributed by atoms with Gasteiger partial charge in [-0.2, -0.15) is 0 Å². The molecular weight excluding hydrogens is 732 g/mol. The second kappa shape index (κ2) is 16.7. The Morgan fingerprint density at radius 2 is 1.78 bits per heavy atom. The number of carbonyl (C=O) groups excluding carboxylic acids is 1. The maximum absolute atomic E-state index is 13.7. The molecule has 55 heavy (non-hydrogen) atoms. The van der Waals surface area contributed by atoms with Gasteiger partial charge < -0.3 is 14.4 Å². The van der Waals surface area contributed by atoms with Crippen LogP contribution in [0.15, 0.2) is 48.6 Å². The van der Waals surface area contributed by atoms with Gasteiger partial charge in [0.25, 0.3) is 5.91 Å². The number of hydrogen-bond donors (Lipinski definition) is 1. The predicted octanol–water partition coefficient (Wildman–Crippen LogP) is 7.47. The zero-order valence-corrected chi connectivity index (χ0v) is 34.5. The van der Waals surface area contributed by atoms with Crippen molar-refractivity contribution in [3.63, 3.8) is 0 Å². The first-order valence-electron chi connectivity index (χ1n) is 21.2. The number of halogens is 1. The molecule has 0 unspecified atom stereocenters. The number of sulfonamides is 1. The highest BCUT2D eigenvalue weighted by molar-refractivity contribution is 7.90. The molecule has 4 fully saturated rings. The summed E-state index contributed by atoms with van der Waals surface area (Å²) in [6, 6.07) is 12.0. The molecule has 8 rings (SSSR count). The molecule has 2 aromatic rings. The quantitative estimate of drug-likeness (QED) is 0.312. The Morgan fingerprint density at radius 1 is 0.927 bits per heavy atom. The molecule has 9 nitrogen and oxygen atoms in total. The number of benzene rings is 2. The minimum absolute atomic E-state index is 0.201. The molecule has 6 atom stereocenters. The summed E-state index contributed by atoms with van der Waals surface area (Å²) in [6.45, 7) is 11.8. The van der Waals surface area contributed by atoms with Crippen molar-refractivity contribution in [2.24, 2.45) is 23.7 Å². The van der Waals surface area contributed by atoms with E-state index in [4.69, 9.17) is 21.1 Å². The third-order valence-corrected chi connectivity index (χ3v) is 16.0. The van der Waals surface area contributed by atoms with Crippen molar-refractivity contribution in [3.8, 4) is 5.75 Å². The van der Waals surface area contributed by atoms with Gasteiger partial charge in [0.1, 0.15) is 18.0 Å². The number of carbonyl (C=O) groups is 1. The van der Waals surface area contributed by atoms with Crippen LogP contribution in [0.5, 0.6) is 5.75 Å². The third-order valence-electron chi connectivity index (χ3n) is 13.8. The molecule has 0 radical (unpaired) electrons. The molecule has 2 saturated carbocycles.